The smallest absolute Gasteiger partial charge is 0.226 e. The van der Waals surface area contributed by atoms with Crippen LogP contribution in [0.15, 0.2) is 30.6 Å². The van der Waals surface area contributed by atoms with E-state index >= 15 is 0 Å². The summed E-state index contributed by atoms with van der Waals surface area (Å²) in [6.45, 7) is 10.1. The van der Waals surface area contributed by atoms with Gasteiger partial charge in [0.1, 0.15) is 17.0 Å². The van der Waals surface area contributed by atoms with Crippen LogP contribution in [-0.4, -0.2) is 34.9 Å². The first-order valence-electron chi connectivity index (χ1n) is 11.5. The van der Waals surface area contributed by atoms with Gasteiger partial charge < -0.3 is 15.5 Å². The fourth-order valence-corrected chi connectivity index (χ4v) is 5.07. The number of carbonyl (C=O) groups excluding carboxylic acids is 2. The van der Waals surface area contributed by atoms with E-state index in [1.54, 1.807) is 17.7 Å². The van der Waals surface area contributed by atoms with Gasteiger partial charge in [0, 0.05) is 42.0 Å². The highest BCUT2D eigenvalue weighted by molar-refractivity contribution is 7.18. The van der Waals surface area contributed by atoms with Crippen LogP contribution in [0.1, 0.15) is 42.7 Å². The molecule has 3 aromatic rings. The van der Waals surface area contributed by atoms with E-state index in [1.165, 1.54) is 10.4 Å². The Morgan fingerprint density at radius 1 is 1.12 bits per heavy atom. The third-order valence-electron chi connectivity index (χ3n) is 6.32. The molecule has 174 valence electrons. The van der Waals surface area contributed by atoms with Gasteiger partial charge in [-0.3, -0.25) is 9.59 Å². The molecular weight excluding hydrogens is 434 g/mol. The van der Waals surface area contributed by atoms with E-state index in [2.05, 4.69) is 39.3 Å². The number of piperidine rings is 1. The number of nitrogens with zero attached hydrogens (tertiary/aromatic N) is 3. The lowest BCUT2D eigenvalue weighted by Crippen LogP contribution is -2.40. The van der Waals surface area contributed by atoms with Gasteiger partial charge in [0.25, 0.3) is 0 Å². The summed E-state index contributed by atoms with van der Waals surface area (Å²) >= 11 is 1.71. The number of fused-ring (bicyclic) bond motifs is 1. The molecule has 2 N–H and O–H groups in total. The summed E-state index contributed by atoms with van der Waals surface area (Å²) in [5.41, 5.74) is 3.03. The van der Waals surface area contributed by atoms with Crippen molar-refractivity contribution in [3.05, 3.63) is 46.6 Å². The predicted octanol–water partition coefficient (Wildman–Crippen LogP) is 4.44. The van der Waals surface area contributed by atoms with Gasteiger partial charge in [-0.15, -0.1) is 11.3 Å². The molecule has 1 saturated heterocycles. The van der Waals surface area contributed by atoms with Crippen LogP contribution < -0.4 is 15.5 Å². The van der Waals surface area contributed by atoms with Crippen LogP contribution in [0.5, 0.6) is 0 Å². The van der Waals surface area contributed by atoms with Gasteiger partial charge in [-0.25, -0.2) is 9.97 Å². The molecule has 1 aromatic carbocycles. The second-order valence-electron chi connectivity index (χ2n) is 8.98. The maximum absolute atomic E-state index is 12.8. The van der Waals surface area contributed by atoms with E-state index < -0.39 is 0 Å². The van der Waals surface area contributed by atoms with Crippen molar-refractivity contribution >= 4 is 44.9 Å². The lowest BCUT2D eigenvalue weighted by atomic mass is 9.95. The Morgan fingerprint density at radius 2 is 1.82 bits per heavy atom. The average Bonchev–Trinajstić information content (AvgIpc) is 3.12. The van der Waals surface area contributed by atoms with Crippen molar-refractivity contribution in [1.82, 2.24) is 15.3 Å². The van der Waals surface area contributed by atoms with Gasteiger partial charge in [0.15, 0.2) is 0 Å². The number of hydrogen-bond acceptors (Lipinski definition) is 6. The summed E-state index contributed by atoms with van der Waals surface area (Å²) < 4.78 is 0. The summed E-state index contributed by atoms with van der Waals surface area (Å²) in [6.07, 6.45) is 3.25. The first-order chi connectivity index (χ1) is 15.8. The Labute approximate surface area is 198 Å². The van der Waals surface area contributed by atoms with Crippen LogP contribution in [0.2, 0.25) is 0 Å². The number of nitrogens with one attached hydrogen (secondary N) is 2. The number of anilines is 2. The zero-order chi connectivity index (χ0) is 23.5. The summed E-state index contributed by atoms with van der Waals surface area (Å²) in [7, 11) is 0. The molecule has 0 radical (unpaired) electrons. The molecule has 0 unspecified atom stereocenters. The molecule has 7 nitrogen and oxygen atoms in total. The highest BCUT2D eigenvalue weighted by Gasteiger charge is 2.27. The summed E-state index contributed by atoms with van der Waals surface area (Å²) in [4.78, 5) is 38.2. The molecule has 0 spiro atoms. The summed E-state index contributed by atoms with van der Waals surface area (Å²) in [6, 6.07) is 7.61. The Bertz CT molecular complexity index is 1150. The fourth-order valence-electron chi connectivity index (χ4n) is 4.08. The van der Waals surface area contributed by atoms with Gasteiger partial charge >= 0.3 is 0 Å². The standard InChI is InChI=1S/C25H31N5O2S/c1-15(2)23(31)29-20-7-5-18(6-8-20)13-26-24(32)19-9-11-30(12-10-19)22-21-16(3)17(4)33-25(21)28-14-27-22/h5-8,14-15,19H,9-13H2,1-4H3,(H,26,32)(H,29,31). The second kappa shape index (κ2) is 9.87. The van der Waals surface area contributed by atoms with Crippen molar-refractivity contribution in [3.8, 4) is 0 Å². The molecule has 1 aliphatic rings. The van der Waals surface area contributed by atoms with Crippen molar-refractivity contribution < 1.29 is 9.59 Å². The molecule has 0 saturated carbocycles. The van der Waals surface area contributed by atoms with E-state index in [0.717, 1.165) is 53.2 Å². The predicted molar refractivity (Wildman–Crippen MR) is 134 cm³/mol. The van der Waals surface area contributed by atoms with E-state index in [0.29, 0.717) is 6.54 Å². The zero-order valence-corrected chi connectivity index (χ0v) is 20.5. The third kappa shape index (κ3) is 5.16. The number of benzene rings is 1. The average molecular weight is 466 g/mol. The molecule has 1 aliphatic heterocycles. The highest BCUT2D eigenvalue weighted by atomic mass is 32.1. The van der Waals surface area contributed by atoms with Crippen molar-refractivity contribution in [2.45, 2.75) is 47.1 Å². The first kappa shape index (κ1) is 23.2. The number of aromatic nitrogens is 2. The lowest BCUT2D eigenvalue weighted by Gasteiger charge is -2.32. The van der Waals surface area contributed by atoms with Gasteiger partial charge in [-0.05, 0) is 49.9 Å². The summed E-state index contributed by atoms with van der Waals surface area (Å²) in [5, 5.41) is 7.10. The fraction of sp³-hybridized carbons (Fsp3) is 0.440. The maximum Gasteiger partial charge on any atom is 0.226 e. The molecule has 8 heteroatoms. The molecule has 33 heavy (non-hydrogen) atoms. The minimum Gasteiger partial charge on any atom is -0.356 e. The maximum atomic E-state index is 12.8. The number of thiophene rings is 1. The highest BCUT2D eigenvalue weighted by Crippen LogP contribution is 2.35. The normalized spacial score (nSPS) is 14.6. The van der Waals surface area contributed by atoms with Crippen LogP contribution in [0.3, 0.4) is 0 Å². The number of rotatable bonds is 6. The zero-order valence-electron chi connectivity index (χ0n) is 19.6. The number of hydrogen-bond donors (Lipinski definition) is 2. The molecule has 2 amide bonds. The first-order valence-corrected chi connectivity index (χ1v) is 12.3. The minimum absolute atomic E-state index is 0.00520. The van der Waals surface area contributed by atoms with Crippen molar-refractivity contribution in [1.29, 1.82) is 0 Å². The third-order valence-corrected chi connectivity index (χ3v) is 7.44. The number of aryl methyl sites for hydroxylation is 2. The molecule has 0 aliphatic carbocycles. The molecule has 3 heterocycles. The van der Waals surface area contributed by atoms with Gasteiger partial charge in [0.2, 0.25) is 11.8 Å². The molecule has 0 bridgehead atoms. The molecule has 1 fully saturated rings. The van der Waals surface area contributed by atoms with Crippen LogP contribution in [0.4, 0.5) is 11.5 Å². The second-order valence-corrected chi connectivity index (χ2v) is 10.2. The molecule has 4 rings (SSSR count). The van der Waals surface area contributed by atoms with E-state index in [9.17, 15) is 9.59 Å². The Balaban J connectivity index is 1.30. The number of amides is 2. The van der Waals surface area contributed by atoms with Crippen molar-refractivity contribution in [3.63, 3.8) is 0 Å². The van der Waals surface area contributed by atoms with E-state index in [4.69, 9.17) is 0 Å². The lowest BCUT2D eigenvalue weighted by molar-refractivity contribution is -0.125. The quantitative estimate of drug-likeness (QED) is 0.562. The van der Waals surface area contributed by atoms with Crippen molar-refractivity contribution in [2.75, 3.05) is 23.3 Å². The molecule has 2 aromatic heterocycles. The largest absolute Gasteiger partial charge is 0.356 e. The number of carbonyl (C=O) groups is 2. The van der Waals surface area contributed by atoms with Crippen LogP contribution in [0.25, 0.3) is 10.2 Å². The molecule has 0 atom stereocenters. The topological polar surface area (TPSA) is 87.2 Å². The Morgan fingerprint density at radius 3 is 2.48 bits per heavy atom. The summed E-state index contributed by atoms with van der Waals surface area (Å²) in [5.74, 6) is 1.03. The SMILES string of the molecule is Cc1sc2ncnc(N3CCC(C(=O)NCc4ccc(NC(=O)C(C)C)cc4)CC3)c2c1C. The van der Waals surface area contributed by atoms with Crippen LogP contribution >= 0.6 is 11.3 Å². The monoisotopic (exact) mass is 465 g/mol. The Kier molecular flexibility index (Phi) is 6.93. The van der Waals surface area contributed by atoms with Crippen LogP contribution in [-0.2, 0) is 16.1 Å². The van der Waals surface area contributed by atoms with Gasteiger partial charge in [-0.2, -0.15) is 0 Å². The minimum atomic E-state index is -0.0610. The molecular formula is C25H31N5O2S. The van der Waals surface area contributed by atoms with Gasteiger partial charge in [0.05, 0.1) is 5.39 Å². The van der Waals surface area contributed by atoms with Gasteiger partial charge in [-0.1, -0.05) is 26.0 Å². The van der Waals surface area contributed by atoms with Crippen molar-refractivity contribution in [2.24, 2.45) is 11.8 Å². The van der Waals surface area contributed by atoms with E-state index in [-0.39, 0.29) is 23.7 Å². The van der Waals surface area contributed by atoms with E-state index in [1.807, 2.05) is 38.1 Å². The van der Waals surface area contributed by atoms with Crippen LogP contribution in [0, 0.1) is 25.7 Å². The Hall–Kier alpha value is -3.00.